The van der Waals surface area contributed by atoms with Crippen molar-refractivity contribution in [2.75, 3.05) is 12.8 Å². The molecule has 1 aliphatic rings. The van der Waals surface area contributed by atoms with Gasteiger partial charge in [-0.2, -0.15) is 0 Å². The van der Waals surface area contributed by atoms with Crippen LogP contribution in [0.2, 0.25) is 0 Å². The van der Waals surface area contributed by atoms with Crippen molar-refractivity contribution >= 4 is 62.5 Å². The third-order valence-corrected chi connectivity index (χ3v) is 6.92. The van der Waals surface area contributed by atoms with Crippen LogP contribution in [0.3, 0.4) is 0 Å². The highest BCUT2D eigenvalue weighted by atomic mass is 32.2. The molecule has 2 aromatic carbocycles. The van der Waals surface area contributed by atoms with E-state index >= 15 is 0 Å². The van der Waals surface area contributed by atoms with Crippen LogP contribution in [-0.2, 0) is 16.1 Å². The number of hydrazine groups is 1. The molecule has 0 saturated carbocycles. The highest BCUT2D eigenvalue weighted by molar-refractivity contribution is 7.98. The van der Waals surface area contributed by atoms with E-state index in [1.54, 1.807) is 18.0 Å². The first-order chi connectivity index (χ1) is 17.9. The fourth-order valence-electron chi connectivity index (χ4n) is 4.60. The number of carbonyl (C=O) groups excluding carboxylic acids is 2. The Labute approximate surface area is 214 Å². The number of nitrogens with one attached hydrogen (secondary N) is 3. The number of imide groups is 1. The summed E-state index contributed by atoms with van der Waals surface area (Å²) in [4.78, 5) is 44.8. The maximum atomic E-state index is 13.1. The van der Waals surface area contributed by atoms with Crippen molar-refractivity contribution in [3.05, 3.63) is 76.1 Å². The number of aliphatic imine (C=N–C) groups is 1. The molecule has 0 radical (unpaired) electrons. The molecule has 0 aliphatic carbocycles. The summed E-state index contributed by atoms with van der Waals surface area (Å²) in [6.07, 6.45) is 6.15. The topological polar surface area (TPSA) is 160 Å². The number of aromatic amines is 1. The predicted octanol–water partition coefficient (Wildman–Crippen LogP) is 2.90. The van der Waals surface area contributed by atoms with Crippen molar-refractivity contribution in [2.24, 2.45) is 10.7 Å². The Morgan fingerprint density at radius 1 is 1.14 bits per heavy atom. The number of para-hydroxylation sites is 1. The number of nitro groups is 1. The van der Waals surface area contributed by atoms with E-state index in [2.05, 4.69) is 15.3 Å². The first-order valence-corrected chi connectivity index (χ1v) is 12.6. The van der Waals surface area contributed by atoms with Crippen molar-refractivity contribution in [3.8, 4) is 0 Å². The van der Waals surface area contributed by atoms with Gasteiger partial charge in [-0.3, -0.25) is 14.9 Å². The van der Waals surface area contributed by atoms with Gasteiger partial charge in [0, 0.05) is 63.3 Å². The predicted molar refractivity (Wildman–Crippen MR) is 143 cm³/mol. The molecular weight excluding hydrogens is 494 g/mol. The summed E-state index contributed by atoms with van der Waals surface area (Å²) in [5, 5.41) is 13.9. The standard InChI is InChI=1S/C25H23N7O4S/c1-37-14-7-8-20-16(11-14)18(13-31(20)10-4-9-27-25(26)30-32(35)36)22-21(23(33)29-24(22)34)17-12-28-19-6-3-2-5-15(17)19/h2-3,5-8,11-13,28H,4,9-10H2,1H3,(H3,26,27,30)(H,29,33,34). The summed E-state index contributed by atoms with van der Waals surface area (Å²) in [5.74, 6) is -1.14. The number of amides is 2. The third kappa shape index (κ3) is 4.54. The monoisotopic (exact) mass is 517 g/mol. The molecule has 188 valence electrons. The molecule has 2 aromatic heterocycles. The van der Waals surface area contributed by atoms with Crippen molar-refractivity contribution in [2.45, 2.75) is 17.9 Å². The number of fused-ring (bicyclic) bond motifs is 2. The molecule has 0 spiro atoms. The van der Waals surface area contributed by atoms with E-state index in [-0.39, 0.29) is 12.5 Å². The maximum absolute atomic E-state index is 13.1. The van der Waals surface area contributed by atoms with Crippen LogP contribution in [-0.4, -0.2) is 45.2 Å². The van der Waals surface area contributed by atoms with Gasteiger partial charge in [0.15, 0.2) is 5.03 Å². The van der Waals surface area contributed by atoms with Gasteiger partial charge in [-0.1, -0.05) is 23.6 Å². The van der Waals surface area contributed by atoms with Crippen LogP contribution >= 0.6 is 11.8 Å². The normalized spacial score (nSPS) is 14.1. The number of guanidine groups is 1. The number of carbonyl (C=O) groups is 2. The lowest BCUT2D eigenvalue weighted by Crippen LogP contribution is -2.36. The number of thioether (sulfide) groups is 1. The number of rotatable bonds is 8. The molecule has 5 N–H and O–H groups in total. The zero-order valence-corrected chi connectivity index (χ0v) is 20.6. The van der Waals surface area contributed by atoms with Gasteiger partial charge in [-0.25, -0.2) is 15.1 Å². The van der Waals surface area contributed by atoms with E-state index in [4.69, 9.17) is 5.73 Å². The highest BCUT2D eigenvalue weighted by Gasteiger charge is 2.35. The van der Waals surface area contributed by atoms with Crippen LogP contribution in [0.4, 0.5) is 0 Å². The third-order valence-electron chi connectivity index (χ3n) is 6.19. The number of hydrogen-bond acceptors (Lipinski definition) is 6. The van der Waals surface area contributed by atoms with Crippen molar-refractivity contribution in [3.63, 3.8) is 0 Å². The number of benzene rings is 2. The summed E-state index contributed by atoms with van der Waals surface area (Å²) < 4.78 is 2.00. The lowest BCUT2D eigenvalue weighted by atomic mass is 9.95. The number of H-pyrrole nitrogens is 1. The van der Waals surface area contributed by atoms with Gasteiger partial charge in [-0.05, 0) is 36.9 Å². The Bertz CT molecular complexity index is 1630. The highest BCUT2D eigenvalue weighted by Crippen LogP contribution is 2.39. The summed E-state index contributed by atoms with van der Waals surface area (Å²) in [7, 11) is 0. The van der Waals surface area contributed by atoms with Gasteiger partial charge >= 0.3 is 0 Å². The van der Waals surface area contributed by atoms with E-state index in [0.29, 0.717) is 35.2 Å². The van der Waals surface area contributed by atoms with Gasteiger partial charge in [0.1, 0.15) is 0 Å². The van der Waals surface area contributed by atoms with Crippen molar-refractivity contribution in [1.29, 1.82) is 0 Å². The minimum atomic E-state index is -0.763. The molecule has 4 aromatic rings. The fraction of sp³-hybridized carbons (Fsp3) is 0.160. The molecule has 0 saturated heterocycles. The van der Waals surface area contributed by atoms with Crippen LogP contribution in [0, 0.1) is 10.1 Å². The van der Waals surface area contributed by atoms with E-state index in [1.807, 2.05) is 64.9 Å². The fourth-order valence-corrected chi connectivity index (χ4v) is 5.04. The minimum absolute atomic E-state index is 0.262. The first kappa shape index (κ1) is 24.1. The zero-order valence-electron chi connectivity index (χ0n) is 19.8. The second kappa shape index (κ2) is 9.82. The second-order valence-corrected chi connectivity index (χ2v) is 9.27. The Hall–Kier alpha value is -4.58. The SMILES string of the molecule is CSc1ccc2c(c1)c(C1=C(c3c[nH]c4ccccc34)C(=O)NC1=O)cn2CCCN=C(N)N[N+](=O)[O-]. The smallest absolute Gasteiger partial charge is 0.259 e. The van der Waals surface area contributed by atoms with Crippen LogP contribution < -0.4 is 16.5 Å². The van der Waals surface area contributed by atoms with E-state index < -0.39 is 16.8 Å². The van der Waals surface area contributed by atoms with E-state index in [0.717, 1.165) is 26.7 Å². The van der Waals surface area contributed by atoms with Crippen molar-refractivity contribution < 1.29 is 14.6 Å². The number of hydrogen-bond donors (Lipinski definition) is 4. The molecule has 11 nitrogen and oxygen atoms in total. The van der Waals surface area contributed by atoms with E-state index in [9.17, 15) is 19.7 Å². The number of aromatic nitrogens is 2. The van der Waals surface area contributed by atoms with Gasteiger partial charge in [-0.15, -0.1) is 11.8 Å². The average Bonchev–Trinajstić information content (AvgIpc) is 3.53. The Balaban J connectivity index is 1.60. The van der Waals surface area contributed by atoms with Crippen LogP contribution in [0.5, 0.6) is 0 Å². The number of nitrogens with two attached hydrogens (primary N) is 1. The zero-order chi connectivity index (χ0) is 26.1. The van der Waals surface area contributed by atoms with Crippen molar-refractivity contribution in [1.82, 2.24) is 20.3 Å². The summed E-state index contributed by atoms with van der Waals surface area (Å²) in [6, 6.07) is 13.6. The lowest BCUT2D eigenvalue weighted by Gasteiger charge is -2.05. The molecular formula is C25H23N7O4S. The van der Waals surface area contributed by atoms with Crippen LogP contribution in [0.15, 0.2) is 64.7 Å². The molecule has 37 heavy (non-hydrogen) atoms. The van der Waals surface area contributed by atoms with Gasteiger partial charge < -0.3 is 15.3 Å². The molecule has 0 bridgehead atoms. The lowest BCUT2D eigenvalue weighted by molar-refractivity contribution is -0.525. The van der Waals surface area contributed by atoms with Crippen LogP contribution in [0.1, 0.15) is 17.5 Å². The number of nitrogens with zero attached hydrogens (tertiary/aromatic N) is 3. The Morgan fingerprint density at radius 3 is 2.65 bits per heavy atom. The summed E-state index contributed by atoms with van der Waals surface area (Å²) in [5.41, 5.74) is 11.1. The minimum Gasteiger partial charge on any atom is -0.365 e. The van der Waals surface area contributed by atoms with Crippen LogP contribution in [0.25, 0.3) is 33.0 Å². The summed E-state index contributed by atoms with van der Waals surface area (Å²) >= 11 is 1.58. The average molecular weight is 518 g/mol. The van der Waals surface area contributed by atoms with Gasteiger partial charge in [0.2, 0.25) is 0 Å². The first-order valence-electron chi connectivity index (χ1n) is 11.4. The van der Waals surface area contributed by atoms with Gasteiger partial charge in [0.05, 0.1) is 11.1 Å². The quantitative estimate of drug-likeness (QED) is 0.0531. The largest absolute Gasteiger partial charge is 0.365 e. The molecule has 0 unspecified atom stereocenters. The van der Waals surface area contributed by atoms with Gasteiger partial charge in [0.25, 0.3) is 17.8 Å². The Kier molecular flexibility index (Phi) is 6.40. The Morgan fingerprint density at radius 2 is 1.89 bits per heavy atom. The molecule has 0 fully saturated rings. The van der Waals surface area contributed by atoms with E-state index in [1.165, 1.54) is 0 Å². The second-order valence-electron chi connectivity index (χ2n) is 8.39. The summed E-state index contributed by atoms with van der Waals surface area (Å²) in [6.45, 7) is 0.794. The number of aryl methyl sites for hydroxylation is 1. The molecule has 3 heterocycles. The maximum Gasteiger partial charge on any atom is 0.259 e. The molecule has 12 heteroatoms. The molecule has 1 aliphatic heterocycles. The molecule has 2 amide bonds. The molecule has 0 atom stereocenters. The molecule has 5 rings (SSSR count).